The van der Waals surface area contributed by atoms with Crippen LogP contribution in [0, 0.1) is 0 Å². The van der Waals surface area contributed by atoms with Crippen molar-refractivity contribution >= 4 is 15.7 Å². The number of sulfone groups is 1. The van der Waals surface area contributed by atoms with E-state index in [1.807, 2.05) is 0 Å². The van der Waals surface area contributed by atoms with Gasteiger partial charge < -0.3 is 5.32 Å². The third-order valence-electron chi connectivity index (χ3n) is 2.48. The molecule has 0 bridgehead atoms. The molecular formula is C12H14F3NO3S. The predicted octanol–water partition coefficient (Wildman–Crippen LogP) is 2.01. The highest BCUT2D eigenvalue weighted by molar-refractivity contribution is 7.91. The molecule has 4 nitrogen and oxygen atoms in total. The highest BCUT2D eigenvalue weighted by atomic mass is 32.2. The Balaban J connectivity index is 2.80. The van der Waals surface area contributed by atoms with Crippen LogP contribution in [0.15, 0.2) is 29.2 Å². The van der Waals surface area contributed by atoms with Crippen LogP contribution in [0.1, 0.15) is 18.9 Å². The molecule has 1 aromatic rings. The Kier molecular flexibility index (Phi) is 5.15. The van der Waals surface area contributed by atoms with E-state index in [0.717, 1.165) is 18.2 Å². The molecule has 1 N–H and O–H groups in total. The summed E-state index contributed by atoms with van der Waals surface area (Å²) < 4.78 is 61.3. The van der Waals surface area contributed by atoms with E-state index in [1.54, 1.807) is 0 Å². The van der Waals surface area contributed by atoms with Gasteiger partial charge in [0, 0.05) is 13.5 Å². The van der Waals surface area contributed by atoms with E-state index in [2.05, 4.69) is 5.32 Å². The van der Waals surface area contributed by atoms with Gasteiger partial charge in [-0.3, -0.25) is 4.79 Å². The molecule has 0 heterocycles. The molecule has 0 atom stereocenters. The summed E-state index contributed by atoms with van der Waals surface area (Å²) in [6, 6.07) is 3.62. The van der Waals surface area contributed by atoms with Crippen molar-refractivity contribution in [2.24, 2.45) is 0 Å². The molecule has 0 spiro atoms. The van der Waals surface area contributed by atoms with Gasteiger partial charge >= 0.3 is 6.18 Å². The lowest BCUT2D eigenvalue weighted by Crippen LogP contribution is -2.23. The average molecular weight is 309 g/mol. The molecule has 112 valence electrons. The largest absolute Gasteiger partial charge is 0.416 e. The van der Waals surface area contributed by atoms with Gasteiger partial charge in [0.2, 0.25) is 5.91 Å². The number of hydrogen-bond acceptors (Lipinski definition) is 3. The SMILES string of the molecule is CC(=O)NCCCS(=O)(=O)c1cccc(C(F)(F)F)c1. The van der Waals surface area contributed by atoms with Crippen molar-refractivity contribution in [3.05, 3.63) is 29.8 Å². The fraction of sp³-hybridized carbons (Fsp3) is 0.417. The molecule has 0 radical (unpaired) electrons. The highest BCUT2D eigenvalue weighted by Crippen LogP contribution is 2.30. The van der Waals surface area contributed by atoms with Crippen LogP contribution < -0.4 is 5.32 Å². The molecule has 0 unspecified atom stereocenters. The topological polar surface area (TPSA) is 63.2 Å². The van der Waals surface area contributed by atoms with Crippen LogP contribution in [-0.4, -0.2) is 26.6 Å². The molecule has 1 aromatic carbocycles. The third-order valence-corrected chi connectivity index (χ3v) is 4.28. The first-order chi connectivity index (χ1) is 9.13. The lowest BCUT2D eigenvalue weighted by molar-refractivity contribution is -0.137. The summed E-state index contributed by atoms with van der Waals surface area (Å²) in [4.78, 5) is 10.2. The van der Waals surface area contributed by atoms with Crippen LogP contribution >= 0.6 is 0 Å². The minimum atomic E-state index is -4.58. The molecule has 0 saturated carbocycles. The minimum absolute atomic E-state index is 0.137. The van der Waals surface area contributed by atoms with Crippen molar-refractivity contribution in [1.82, 2.24) is 5.32 Å². The van der Waals surface area contributed by atoms with E-state index < -0.39 is 21.6 Å². The second-order valence-electron chi connectivity index (χ2n) is 4.18. The normalized spacial score (nSPS) is 12.2. The highest BCUT2D eigenvalue weighted by Gasteiger charge is 2.31. The third kappa shape index (κ3) is 4.84. The van der Waals surface area contributed by atoms with E-state index in [4.69, 9.17) is 0 Å². The smallest absolute Gasteiger partial charge is 0.356 e. The van der Waals surface area contributed by atoms with E-state index in [9.17, 15) is 26.4 Å². The first kappa shape index (κ1) is 16.5. The summed E-state index contributed by atoms with van der Waals surface area (Å²) in [5, 5.41) is 2.42. The van der Waals surface area contributed by atoms with Gasteiger partial charge in [-0.15, -0.1) is 0 Å². The Morgan fingerprint density at radius 2 is 1.95 bits per heavy atom. The molecule has 0 aliphatic rings. The fourth-order valence-electron chi connectivity index (χ4n) is 1.51. The summed E-state index contributed by atoms with van der Waals surface area (Å²) in [6.45, 7) is 1.45. The number of halogens is 3. The summed E-state index contributed by atoms with van der Waals surface area (Å²) in [5.74, 6) is -0.615. The number of benzene rings is 1. The lowest BCUT2D eigenvalue weighted by Gasteiger charge is -2.09. The summed E-state index contributed by atoms with van der Waals surface area (Å²) in [6.07, 6.45) is -4.44. The number of hydrogen-bond donors (Lipinski definition) is 1. The van der Waals surface area contributed by atoms with Crippen molar-refractivity contribution in [1.29, 1.82) is 0 Å². The molecule has 0 aliphatic heterocycles. The van der Waals surface area contributed by atoms with Crippen LogP contribution in [0.3, 0.4) is 0 Å². The second kappa shape index (κ2) is 6.25. The second-order valence-corrected chi connectivity index (χ2v) is 6.29. The van der Waals surface area contributed by atoms with Crippen LogP contribution in [0.5, 0.6) is 0 Å². The molecule has 8 heteroatoms. The standard InChI is InChI=1S/C12H14F3NO3S/c1-9(17)16-6-3-7-20(18,19)11-5-2-4-10(8-11)12(13,14)15/h2,4-5,8H,3,6-7H2,1H3,(H,16,17). The molecule has 0 fully saturated rings. The number of alkyl halides is 3. The van der Waals surface area contributed by atoms with Crippen molar-refractivity contribution < 1.29 is 26.4 Å². The lowest BCUT2D eigenvalue weighted by atomic mass is 10.2. The number of amides is 1. The zero-order valence-electron chi connectivity index (χ0n) is 10.7. The van der Waals surface area contributed by atoms with Gasteiger partial charge in [-0.2, -0.15) is 13.2 Å². The summed E-state index contributed by atoms with van der Waals surface area (Å²) >= 11 is 0. The predicted molar refractivity (Wildman–Crippen MR) is 66.8 cm³/mol. The van der Waals surface area contributed by atoms with Crippen molar-refractivity contribution in [3.8, 4) is 0 Å². The summed E-state index contributed by atoms with van der Waals surface area (Å²) in [5.41, 5.74) is -1.000. The van der Waals surface area contributed by atoms with Crippen molar-refractivity contribution in [2.45, 2.75) is 24.4 Å². The molecular weight excluding hydrogens is 295 g/mol. The van der Waals surface area contributed by atoms with Crippen LogP contribution in [0.2, 0.25) is 0 Å². The van der Waals surface area contributed by atoms with Gasteiger partial charge in [0.1, 0.15) is 0 Å². The Hall–Kier alpha value is -1.57. The van der Waals surface area contributed by atoms with E-state index in [1.165, 1.54) is 6.92 Å². The van der Waals surface area contributed by atoms with Crippen LogP contribution in [0.25, 0.3) is 0 Å². The molecule has 1 rings (SSSR count). The summed E-state index contributed by atoms with van der Waals surface area (Å²) in [7, 11) is -3.79. The van der Waals surface area contributed by atoms with Gasteiger partial charge in [0.05, 0.1) is 16.2 Å². The Morgan fingerprint density at radius 3 is 2.50 bits per heavy atom. The Bertz CT molecular complexity index is 582. The van der Waals surface area contributed by atoms with E-state index in [0.29, 0.717) is 6.07 Å². The van der Waals surface area contributed by atoms with Gasteiger partial charge in [0.15, 0.2) is 9.84 Å². The maximum Gasteiger partial charge on any atom is 0.416 e. The Morgan fingerprint density at radius 1 is 1.30 bits per heavy atom. The van der Waals surface area contributed by atoms with E-state index >= 15 is 0 Å². The van der Waals surface area contributed by atoms with Gasteiger partial charge in [0.25, 0.3) is 0 Å². The first-order valence-corrected chi connectivity index (χ1v) is 7.42. The van der Waals surface area contributed by atoms with Gasteiger partial charge in [-0.05, 0) is 24.6 Å². The number of nitrogens with one attached hydrogen (secondary N) is 1. The molecule has 20 heavy (non-hydrogen) atoms. The van der Waals surface area contributed by atoms with E-state index in [-0.39, 0.29) is 29.5 Å². The minimum Gasteiger partial charge on any atom is -0.356 e. The Labute approximate surface area is 114 Å². The molecule has 0 aliphatic carbocycles. The molecule has 1 amide bonds. The number of carbonyl (C=O) groups excluding carboxylic acids is 1. The quantitative estimate of drug-likeness (QED) is 0.846. The first-order valence-electron chi connectivity index (χ1n) is 5.77. The zero-order valence-corrected chi connectivity index (χ0v) is 11.5. The number of carbonyl (C=O) groups is 1. The number of rotatable bonds is 5. The maximum absolute atomic E-state index is 12.5. The monoisotopic (exact) mass is 309 g/mol. The molecule has 0 saturated heterocycles. The maximum atomic E-state index is 12.5. The molecule has 0 aromatic heterocycles. The van der Waals surface area contributed by atoms with Gasteiger partial charge in [-0.25, -0.2) is 8.42 Å². The fourth-order valence-corrected chi connectivity index (χ4v) is 2.86. The average Bonchev–Trinajstić information content (AvgIpc) is 2.34. The van der Waals surface area contributed by atoms with Crippen molar-refractivity contribution in [2.75, 3.05) is 12.3 Å². The zero-order chi connectivity index (χ0) is 15.4. The van der Waals surface area contributed by atoms with Crippen molar-refractivity contribution in [3.63, 3.8) is 0 Å². The van der Waals surface area contributed by atoms with Crippen LogP contribution in [-0.2, 0) is 20.8 Å². The van der Waals surface area contributed by atoms with Crippen LogP contribution in [0.4, 0.5) is 13.2 Å². The van der Waals surface area contributed by atoms with Gasteiger partial charge in [-0.1, -0.05) is 6.07 Å².